The van der Waals surface area contributed by atoms with Gasteiger partial charge in [-0.05, 0) is 60.5 Å². The summed E-state index contributed by atoms with van der Waals surface area (Å²) in [7, 11) is 0. The van der Waals surface area contributed by atoms with Crippen LogP contribution in [0, 0.1) is 12.7 Å². The number of pyridine rings is 1. The van der Waals surface area contributed by atoms with Crippen LogP contribution in [0.1, 0.15) is 27.2 Å². The number of hydrogen-bond donors (Lipinski definition) is 1. The van der Waals surface area contributed by atoms with Crippen molar-refractivity contribution in [3.05, 3.63) is 114 Å². The summed E-state index contributed by atoms with van der Waals surface area (Å²) in [5.74, 6) is -0.594. The number of nitrogens with zero attached hydrogens (tertiary/aromatic N) is 2. The highest BCUT2D eigenvalue weighted by molar-refractivity contribution is 6.04. The number of carbonyl (C=O) groups is 2. The fourth-order valence-corrected chi connectivity index (χ4v) is 3.37. The van der Waals surface area contributed by atoms with Crippen molar-refractivity contribution in [2.45, 2.75) is 19.9 Å². The molecule has 0 spiro atoms. The summed E-state index contributed by atoms with van der Waals surface area (Å²) in [5.41, 5.74) is 3.50. The van der Waals surface area contributed by atoms with Gasteiger partial charge in [0.05, 0.1) is 13.0 Å². The average molecular weight is 443 g/mol. The normalized spacial score (nSPS) is 10.6. The Morgan fingerprint density at radius 3 is 2.48 bits per heavy atom. The molecule has 0 atom stereocenters. The Labute approximate surface area is 190 Å². The molecule has 6 nitrogen and oxygen atoms in total. The molecule has 2 aromatic heterocycles. The Morgan fingerprint density at radius 2 is 1.82 bits per heavy atom. The summed E-state index contributed by atoms with van der Waals surface area (Å²) < 4.78 is 18.7. The Balaban J connectivity index is 1.55. The SMILES string of the molecule is Cc1ccncc1CC(=O)N(Cc1cc(F)co1)c1ccc(NC(=O)c2ccccc2)cc1. The number of aromatic nitrogens is 1. The van der Waals surface area contributed by atoms with E-state index in [0.717, 1.165) is 17.4 Å². The smallest absolute Gasteiger partial charge is 0.255 e. The maximum Gasteiger partial charge on any atom is 0.255 e. The number of amides is 2. The quantitative estimate of drug-likeness (QED) is 0.429. The zero-order valence-corrected chi connectivity index (χ0v) is 18.0. The molecule has 2 heterocycles. The van der Waals surface area contributed by atoms with Crippen LogP contribution in [-0.2, 0) is 17.8 Å². The summed E-state index contributed by atoms with van der Waals surface area (Å²) in [6, 6.07) is 18.9. The van der Waals surface area contributed by atoms with E-state index < -0.39 is 5.82 Å². The minimum absolute atomic E-state index is 0.0672. The topological polar surface area (TPSA) is 75.4 Å². The maximum absolute atomic E-state index is 13.4. The van der Waals surface area contributed by atoms with Crippen molar-refractivity contribution in [3.8, 4) is 0 Å². The van der Waals surface area contributed by atoms with Gasteiger partial charge in [-0.2, -0.15) is 0 Å². The van der Waals surface area contributed by atoms with Gasteiger partial charge in [0.2, 0.25) is 5.91 Å². The Hall–Kier alpha value is -4.26. The van der Waals surface area contributed by atoms with Gasteiger partial charge in [0.15, 0.2) is 5.82 Å². The third-order valence-electron chi connectivity index (χ3n) is 5.20. The Morgan fingerprint density at radius 1 is 1.06 bits per heavy atom. The van der Waals surface area contributed by atoms with Gasteiger partial charge in [0, 0.05) is 35.4 Å². The second kappa shape index (κ2) is 9.91. The van der Waals surface area contributed by atoms with Crippen molar-refractivity contribution in [2.24, 2.45) is 0 Å². The van der Waals surface area contributed by atoms with Crippen molar-refractivity contribution in [3.63, 3.8) is 0 Å². The van der Waals surface area contributed by atoms with Gasteiger partial charge in [-0.25, -0.2) is 4.39 Å². The van der Waals surface area contributed by atoms with Gasteiger partial charge < -0.3 is 14.6 Å². The van der Waals surface area contributed by atoms with Gasteiger partial charge in [-0.1, -0.05) is 18.2 Å². The van der Waals surface area contributed by atoms with Crippen LogP contribution in [0.4, 0.5) is 15.8 Å². The van der Waals surface area contributed by atoms with E-state index in [1.54, 1.807) is 60.9 Å². The molecule has 4 rings (SSSR count). The van der Waals surface area contributed by atoms with Crippen molar-refractivity contribution in [2.75, 3.05) is 10.2 Å². The maximum atomic E-state index is 13.4. The predicted octanol–water partition coefficient (Wildman–Crippen LogP) is 5.15. The second-order valence-corrected chi connectivity index (χ2v) is 7.56. The van der Waals surface area contributed by atoms with Crippen LogP contribution in [-0.4, -0.2) is 16.8 Å². The Bertz CT molecular complexity index is 1250. The molecule has 0 bridgehead atoms. The molecular formula is C26H22FN3O3. The van der Waals surface area contributed by atoms with E-state index in [4.69, 9.17) is 4.42 Å². The van der Waals surface area contributed by atoms with Gasteiger partial charge in [-0.15, -0.1) is 0 Å². The fourth-order valence-electron chi connectivity index (χ4n) is 3.37. The highest BCUT2D eigenvalue weighted by Gasteiger charge is 2.20. The zero-order valence-electron chi connectivity index (χ0n) is 18.0. The van der Waals surface area contributed by atoms with E-state index in [1.807, 2.05) is 19.1 Å². The van der Waals surface area contributed by atoms with E-state index in [1.165, 1.54) is 11.0 Å². The van der Waals surface area contributed by atoms with Crippen LogP contribution in [0.2, 0.25) is 0 Å². The lowest BCUT2D eigenvalue weighted by atomic mass is 10.1. The largest absolute Gasteiger partial charge is 0.464 e. The van der Waals surface area contributed by atoms with Gasteiger partial charge in [-0.3, -0.25) is 14.6 Å². The first-order valence-electron chi connectivity index (χ1n) is 10.4. The van der Waals surface area contributed by atoms with E-state index in [0.29, 0.717) is 22.7 Å². The number of furan rings is 1. The molecule has 0 fully saturated rings. The van der Waals surface area contributed by atoms with Crippen molar-refractivity contribution in [1.29, 1.82) is 0 Å². The summed E-state index contributed by atoms with van der Waals surface area (Å²) in [4.78, 5) is 31.2. The summed E-state index contributed by atoms with van der Waals surface area (Å²) in [5, 5.41) is 2.84. The molecule has 2 aromatic carbocycles. The van der Waals surface area contributed by atoms with Gasteiger partial charge in [0.25, 0.3) is 5.91 Å². The van der Waals surface area contributed by atoms with Crippen LogP contribution in [0.15, 0.2) is 89.8 Å². The molecule has 0 radical (unpaired) electrons. The second-order valence-electron chi connectivity index (χ2n) is 7.56. The molecule has 0 aliphatic carbocycles. The van der Waals surface area contributed by atoms with Gasteiger partial charge >= 0.3 is 0 Å². The third-order valence-corrected chi connectivity index (χ3v) is 5.20. The van der Waals surface area contributed by atoms with E-state index in [-0.39, 0.29) is 24.8 Å². The molecule has 33 heavy (non-hydrogen) atoms. The Kier molecular flexibility index (Phi) is 6.59. The zero-order chi connectivity index (χ0) is 23.2. The van der Waals surface area contributed by atoms with Crippen LogP contribution in [0.5, 0.6) is 0 Å². The molecule has 7 heteroatoms. The van der Waals surface area contributed by atoms with Gasteiger partial charge in [0.1, 0.15) is 12.0 Å². The first-order chi connectivity index (χ1) is 16.0. The van der Waals surface area contributed by atoms with Crippen LogP contribution < -0.4 is 10.2 Å². The number of halogens is 1. The summed E-state index contributed by atoms with van der Waals surface area (Å²) >= 11 is 0. The van der Waals surface area contributed by atoms with Crippen LogP contribution in [0.3, 0.4) is 0 Å². The molecule has 0 aliphatic heterocycles. The minimum atomic E-state index is -0.500. The molecule has 0 saturated heterocycles. The van der Waals surface area contributed by atoms with Crippen molar-refractivity contribution < 1.29 is 18.4 Å². The lowest BCUT2D eigenvalue weighted by Gasteiger charge is -2.22. The number of hydrogen-bond acceptors (Lipinski definition) is 4. The van der Waals surface area contributed by atoms with E-state index in [9.17, 15) is 14.0 Å². The first kappa shape index (κ1) is 22.0. The van der Waals surface area contributed by atoms with Crippen LogP contribution in [0.25, 0.3) is 0 Å². The molecule has 4 aromatic rings. The number of aryl methyl sites for hydroxylation is 1. The third kappa shape index (κ3) is 5.51. The number of carbonyl (C=O) groups excluding carboxylic acids is 2. The fraction of sp³-hybridized carbons (Fsp3) is 0.115. The monoisotopic (exact) mass is 443 g/mol. The molecule has 0 aliphatic rings. The summed E-state index contributed by atoms with van der Waals surface area (Å²) in [6.07, 6.45) is 4.48. The van der Waals surface area contributed by atoms with Crippen LogP contribution >= 0.6 is 0 Å². The molecule has 1 N–H and O–H groups in total. The molecule has 166 valence electrons. The highest BCUT2D eigenvalue weighted by Crippen LogP contribution is 2.23. The number of nitrogens with one attached hydrogen (secondary N) is 1. The highest BCUT2D eigenvalue weighted by atomic mass is 19.1. The van der Waals surface area contributed by atoms with Crippen molar-refractivity contribution >= 4 is 23.2 Å². The first-order valence-corrected chi connectivity index (χ1v) is 10.4. The average Bonchev–Trinajstić information content (AvgIpc) is 3.25. The minimum Gasteiger partial charge on any atom is -0.464 e. The van der Waals surface area contributed by atoms with E-state index >= 15 is 0 Å². The van der Waals surface area contributed by atoms with Crippen molar-refractivity contribution in [1.82, 2.24) is 4.98 Å². The molecule has 0 unspecified atom stereocenters. The lowest BCUT2D eigenvalue weighted by molar-refractivity contribution is -0.118. The standard InChI is InChI=1S/C26H22FN3O3/c1-18-11-12-28-15-20(18)13-25(31)30(16-24-14-21(27)17-33-24)23-9-7-22(8-10-23)29-26(32)19-5-3-2-4-6-19/h2-12,14-15,17H,13,16H2,1H3,(H,29,32). The number of benzene rings is 2. The number of anilines is 2. The summed E-state index contributed by atoms with van der Waals surface area (Å²) in [6.45, 7) is 1.98. The molecule has 0 saturated carbocycles. The molecule has 2 amide bonds. The predicted molar refractivity (Wildman–Crippen MR) is 123 cm³/mol. The lowest BCUT2D eigenvalue weighted by Crippen LogP contribution is -2.31. The number of rotatable bonds is 7. The molecular weight excluding hydrogens is 421 g/mol. The van der Waals surface area contributed by atoms with E-state index in [2.05, 4.69) is 10.3 Å².